The Morgan fingerprint density at radius 1 is 1.17 bits per heavy atom. The summed E-state index contributed by atoms with van der Waals surface area (Å²) in [6.07, 6.45) is -2.01. The lowest BCUT2D eigenvalue weighted by Gasteiger charge is -2.29. The monoisotopic (exact) mass is 331 g/mol. The number of nitrogens with zero attached hydrogens (tertiary/aromatic N) is 1. The van der Waals surface area contributed by atoms with Crippen LogP contribution in [0.2, 0.25) is 0 Å². The lowest BCUT2D eigenvalue weighted by molar-refractivity contribution is -0.153. The third kappa shape index (κ3) is 5.61. The first-order chi connectivity index (χ1) is 10.7. The molecule has 1 aliphatic rings. The van der Waals surface area contributed by atoms with Gasteiger partial charge in [-0.1, -0.05) is 0 Å². The van der Waals surface area contributed by atoms with Gasteiger partial charge in [0, 0.05) is 12.5 Å². The molecule has 0 aliphatic carbocycles. The maximum atomic E-state index is 12.2. The predicted octanol–water partition coefficient (Wildman–Crippen LogP) is 3.97. The van der Waals surface area contributed by atoms with Crippen molar-refractivity contribution in [3.63, 3.8) is 0 Å². The highest BCUT2D eigenvalue weighted by Crippen LogP contribution is 2.30. The fourth-order valence-electron chi connectivity index (χ4n) is 3.00. The summed E-state index contributed by atoms with van der Waals surface area (Å²) < 4.78 is 47.4. The van der Waals surface area contributed by atoms with E-state index in [1.807, 2.05) is 13.8 Å². The van der Waals surface area contributed by atoms with Crippen LogP contribution in [0.25, 0.3) is 0 Å². The van der Waals surface area contributed by atoms with Crippen LogP contribution in [0.5, 0.6) is 11.5 Å². The number of piperidine rings is 1. The van der Waals surface area contributed by atoms with Gasteiger partial charge < -0.3 is 14.4 Å². The fourth-order valence-corrected chi connectivity index (χ4v) is 3.00. The van der Waals surface area contributed by atoms with E-state index in [1.54, 1.807) is 12.1 Å². The molecule has 23 heavy (non-hydrogen) atoms. The predicted molar refractivity (Wildman–Crippen MR) is 83.2 cm³/mol. The molecule has 1 aromatic rings. The van der Waals surface area contributed by atoms with Crippen molar-refractivity contribution in [2.75, 3.05) is 33.4 Å². The molecule has 0 bridgehead atoms. The molecule has 0 radical (unpaired) electrons. The number of ether oxygens (including phenoxy) is 2. The van der Waals surface area contributed by atoms with Gasteiger partial charge in [-0.05, 0) is 63.5 Å². The molecule has 1 unspecified atom stereocenters. The van der Waals surface area contributed by atoms with Gasteiger partial charge in [0.15, 0.2) is 6.61 Å². The number of aryl methyl sites for hydroxylation is 2. The molecule has 2 rings (SSSR count). The van der Waals surface area contributed by atoms with Crippen LogP contribution < -0.4 is 9.47 Å². The van der Waals surface area contributed by atoms with Crippen molar-refractivity contribution in [1.29, 1.82) is 0 Å². The van der Waals surface area contributed by atoms with Crippen molar-refractivity contribution in [2.45, 2.75) is 32.9 Å². The topological polar surface area (TPSA) is 21.7 Å². The Labute approximate surface area is 135 Å². The van der Waals surface area contributed by atoms with Crippen molar-refractivity contribution >= 4 is 0 Å². The van der Waals surface area contributed by atoms with Gasteiger partial charge in [-0.15, -0.1) is 0 Å². The molecule has 0 saturated carbocycles. The van der Waals surface area contributed by atoms with Crippen LogP contribution in [0.15, 0.2) is 12.1 Å². The van der Waals surface area contributed by atoms with Crippen molar-refractivity contribution in [3.8, 4) is 11.5 Å². The van der Waals surface area contributed by atoms with E-state index in [-0.39, 0.29) is 5.75 Å². The molecule has 0 aromatic heterocycles. The molecule has 130 valence electrons. The van der Waals surface area contributed by atoms with Gasteiger partial charge in [0.1, 0.15) is 11.5 Å². The second kappa shape index (κ2) is 7.43. The SMILES string of the molecule is Cc1cc(OCC(F)(F)F)cc(C)c1OCC1CCCN(C)C1. The second-order valence-electron chi connectivity index (χ2n) is 6.37. The van der Waals surface area contributed by atoms with E-state index in [0.29, 0.717) is 12.5 Å². The Morgan fingerprint density at radius 2 is 1.83 bits per heavy atom. The summed E-state index contributed by atoms with van der Waals surface area (Å²) in [7, 11) is 2.11. The Bertz CT molecular complexity index is 508. The molecule has 1 atom stereocenters. The lowest BCUT2D eigenvalue weighted by Crippen LogP contribution is -2.34. The first kappa shape index (κ1) is 17.9. The number of benzene rings is 1. The average molecular weight is 331 g/mol. The van der Waals surface area contributed by atoms with Crippen LogP contribution in [0, 0.1) is 19.8 Å². The van der Waals surface area contributed by atoms with E-state index in [2.05, 4.69) is 11.9 Å². The minimum Gasteiger partial charge on any atom is -0.493 e. The van der Waals surface area contributed by atoms with Gasteiger partial charge in [0.2, 0.25) is 0 Å². The zero-order valence-corrected chi connectivity index (χ0v) is 13.9. The van der Waals surface area contributed by atoms with Gasteiger partial charge in [0.25, 0.3) is 0 Å². The highest BCUT2D eigenvalue weighted by Gasteiger charge is 2.28. The van der Waals surface area contributed by atoms with Crippen LogP contribution in [-0.2, 0) is 0 Å². The molecule has 6 heteroatoms. The first-order valence-corrected chi connectivity index (χ1v) is 7.87. The number of hydrogen-bond acceptors (Lipinski definition) is 3. The van der Waals surface area contributed by atoms with Gasteiger partial charge in [-0.3, -0.25) is 0 Å². The lowest BCUT2D eigenvalue weighted by atomic mass is 9.99. The molecular weight excluding hydrogens is 307 g/mol. The number of rotatable bonds is 5. The minimum absolute atomic E-state index is 0.224. The van der Waals surface area contributed by atoms with Crippen LogP contribution >= 0.6 is 0 Å². The summed E-state index contributed by atoms with van der Waals surface area (Å²) in [5.74, 6) is 1.47. The van der Waals surface area contributed by atoms with Crippen molar-refractivity contribution < 1.29 is 22.6 Å². The van der Waals surface area contributed by atoms with Crippen LogP contribution in [0.4, 0.5) is 13.2 Å². The molecular formula is C17H24F3NO2. The average Bonchev–Trinajstić information content (AvgIpc) is 2.43. The van der Waals surface area contributed by atoms with Gasteiger partial charge in [-0.2, -0.15) is 13.2 Å². The van der Waals surface area contributed by atoms with Crippen LogP contribution in [0.3, 0.4) is 0 Å². The maximum Gasteiger partial charge on any atom is 0.422 e. The van der Waals surface area contributed by atoms with E-state index in [9.17, 15) is 13.2 Å². The van der Waals surface area contributed by atoms with Gasteiger partial charge >= 0.3 is 6.18 Å². The molecule has 0 N–H and O–H groups in total. The van der Waals surface area contributed by atoms with Gasteiger partial charge in [-0.25, -0.2) is 0 Å². The normalized spacial score (nSPS) is 19.7. The third-order valence-electron chi connectivity index (χ3n) is 4.02. The number of alkyl halides is 3. The summed E-state index contributed by atoms with van der Waals surface area (Å²) in [6.45, 7) is 5.16. The number of likely N-dealkylation sites (tertiary alicyclic amines) is 1. The second-order valence-corrected chi connectivity index (χ2v) is 6.37. The van der Waals surface area contributed by atoms with Crippen molar-refractivity contribution in [3.05, 3.63) is 23.3 Å². The van der Waals surface area contributed by atoms with Crippen molar-refractivity contribution in [1.82, 2.24) is 4.90 Å². The summed E-state index contributed by atoms with van der Waals surface area (Å²) in [5, 5.41) is 0. The molecule has 1 aromatic carbocycles. The summed E-state index contributed by atoms with van der Waals surface area (Å²) in [5.41, 5.74) is 1.60. The van der Waals surface area contributed by atoms with Gasteiger partial charge in [0.05, 0.1) is 6.61 Å². The largest absolute Gasteiger partial charge is 0.493 e. The fraction of sp³-hybridized carbons (Fsp3) is 0.647. The highest BCUT2D eigenvalue weighted by atomic mass is 19.4. The van der Waals surface area contributed by atoms with Crippen molar-refractivity contribution in [2.24, 2.45) is 5.92 Å². The number of hydrogen-bond donors (Lipinski definition) is 0. The standard InChI is InChI=1S/C17H24F3NO2/c1-12-7-15(23-11-17(18,19)20)8-13(2)16(12)22-10-14-5-4-6-21(3)9-14/h7-8,14H,4-6,9-11H2,1-3H3. The Morgan fingerprint density at radius 3 is 2.39 bits per heavy atom. The first-order valence-electron chi connectivity index (χ1n) is 7.87. The Hall–Kier alpha value is -1.43. The molecule has 3 nitrogen and oxygen atoms in total. The molecule has 0 amide bonds. The molecule has 1 heterocycles. The zero-order valence-electron chi connectivity index (χ0n) is 13.9. The maximum absolute atomic E-state index is 12.2. The molecule has 1 saturated heterocycles. The third-order valence-corrected chi connectivity index (χ3v) is 4.02. The zero-order chi connectivity index (χ0) is 17.0. The Kier molecular flexibility index (Phi) is 5.79. The smallest absolute Gasteiger partial charge is 0.422 e. The molecule has 0 spiro atoms. The summed E-state index contributed by atoms with van der Waals surface area (Å²) in [6, 6.07) is 3.20. The number of halogens is 3. The highest BCUT2D eigenvalue weighted by molar-refractivity contribution is 5.46. The van der Waals surface area contributed by atoms with E-state index in [4.69, 9.17) is 9.47 Å². The van der Waals surface area contributed by atoms with Crippen LogP contribution in [-0.4, -0.2) is 44.4 Å². The summed E-state index contributed by atoms with van der Waals surface area (Å²) >= 11 is 0. The van der Waals surface area contributed by atoms with E-state index in [1.165, 1.54) is 6.42 Å². The minimum atomic E-state index is -4.33. The van der Waals surface area contributed by atoms with Crippen LogP contribution in [0.1, 0.15) is 24.0 Å². The van der Waals surface area contributed by atoms with E-state index >= 15 is 0 Å². The molecule has 1 fully saturated rings. The van der Waals surface area contributed by atoms with E-state index in [0.717, 1.165) is 36.4 Å². The Balaban J connectivity index is 1.97. The van der Waals surface area contributed by atoms with E-state index < -0.39 is 12.8 Å². The summed E-state index contributed by atoms with van der Waals surface area (Å²) in [4.78, 5) is 2.30. The molecule has 1 aliphatic heterocycles. The quantitative estimate of drug-likeness (QED) is 0.815.